The second-order valence-electron chi connectivity index (χ2n) is 6.04. The van der Waals surface area contributed by atoms with Crippen molar-refractivity contribution < 1.29 is 4.79 Å². The van der Waals surface area contributed by atoms with Crippen LogP contribution in [0.4, 0.5) is 5.69 Å². The molecule has 0 spiro atoms. The minimum atomic E-state index is 0.0103. The molecule has 0 atom stereocenters. The summed E-state index contributed by atoms with van der Waals surface area (Å²) in [5.74, 6) is 0.0103. The molecule has 0 unspecified atom stereocenters. The molecule has 2 heteroatoms. The summed E-state index contributed by atoms with van der Waals surface area (Å²) in [7, 11) is 0. The van der Waals surface area contributed by atoms with Gasteiger partial charge in [-0.05, 0) is 47.7 Å². The lowest BCUT2D eigenvalue weighted by Gasteiger charge is -2.10. The SMILES string of the molecule is Cc1cccc(NC(=O)Cc2ccc(-c3ccccc3)cc2)c1C. The van der Waals surface area contributed by atoms with Gasteiger partial charge in [0.2, 0.25) is 5.91 Å². The number of benzene rings is 3. The quantitative estimate of drug-likeness (QED) is 0.708. The second-order valence-corrected chi connectivity index (χ2v) is 6.04. The minimum Gasteiger partial charge on any atom is -0.326 e. The van der Waals surface area contributed by atoms with Crippen LogP contribution < -0.4 is 5.32 Å². The first-order chi connectivity index (χ1) is 11.6. The number of carbonyl (C=O) groups is 1. The molecule has 24 heavy (non-hydrogen) atoms. The van der Waals surface area contributed by atoms with Gasteiger partial charge in [-0.2, -0.15) is 0 Å². The number of anilines is 1. The van der Waals surface area contributed by atoms with E-state index in [0.29, 0.717) is 6.42 Å². The van der Waals surface area contributed by atoms with Gasteiger partial charge in [-0.3, -0.25) is 4.79 Å². The number of amides is 1. The monoisotopic (exact) mass is 315 g/mol. The lowest BCUT2D eigenvalue weighted by molar-refractivity contribution is -0.115. The number of aryl methyl sites for hydroxylation is 1. The summed E-state index contributed by atoms with van der Waals surface area (Å²) < 4.78 is 0. The summed E-state index contributed by atoms with van der Waals surface area (Å²) >= 11 is 0. The van der Waals surface area contributed by atoms with Gasteiger partial charge in [0.05, 0.1) is 6.42 Å². The molecule has 0 fully saturated rings. The zero-order valence-electron chi connectivity index (χ0n) is 14.0. The number of rotatable bonds is 4. The Labute approximate surface area is 143 Å². The molecule has 0 aliphatic rings. The smallest absolute Gasteiger partial charge is 0.228 e. The molecule has 3 aromatic carbocycles. The Bertz CT molecular complexity index is 836. The molecule has 0 heterocycles. The first kappa shape index (κ1) is 16.0. The van der Waals surface area contributed by atoms with Gasteiger partial charge in [0.1, 0.15) is 0 Å². The van der Waals surface area contributed by atoms with Crippen LogP contribution in [-0.2, 0) is 11.2 Å². The fourth-order valence-corrected chi connectivity index (χ4v) is 2.71. The summed E-state index contributed by atoms with van der Waals surface area (Å²) in [5.41, 5.74) is 6.54. The van der Waals surface area contributed by atoms with Crippen molar-refractivity contribution in [2.75, 3.05) is 5.32 Å². The minimum absolute atomic E-state index is 0.0103. The van der Waals surface area contributed by atoms with Crippen molar-refractivity contribution in [3.05, 3.63) is 89.5 Å². The first-order valence-corrected chi connectivity index (χ1v) is 8.14. The van der Waals surface area contributed by atoms with E-state index in [-0.39, 0.29) is 5.91 Å². The van der Waals surface area contributed by atoms with Crippen LogP contribution in [0.25, 0.3) is 11.1 Å². The van der Waals surface area contributed by atoms with Crippen molar-refractivity contribution in [3.8, 4) is 11.1 Å². The van der Waals surface area contributed by atoms with Gasteiger partial charge in [-0.15, -0.1) is 0 Å². The van der Waals surface area contributed by atoms with Crippen molar-refractivity contribution in [1.29, 1.82) is 0 Å². The molecule has 3 aromatic rings. The van der Waals surface area contributed by atoms with Crippen LogP contribution in [0.1, 0.15) is 16.7 Å². The molecule has 0 saturated heterocycles. The van der Waals surface area contributed by atoms with Crippen LogP contribution >= 0.6 is 0 Å². The Balaban J connectivity index is 1.68. The van der Waals surface area contributed by atoms with Gasteiger partial charge < -0.3 is 5.32 Å². The molecule has 1 amide bonds. The van der Waals surface area contributed by atoms with Crippen LogP contribution in [0.15, 0.2) is 72.8 Å². The van der Waals surface area contributed by atoms with Crippen molar-refractivity contribution in [1.82, 2.24) is 0 Å². The Kier molecular flexibility index (Phi) is 4.76. The highest BCUT2D eigenvalue weighted by atomic mass is 16.1. The summed E-state index contributed by atoms with van der Waals surface area (Å²) in [6.07, 6.45) is 0.377. The number of hydrogen-bond acceptors (Lipinski definition) is 1. The molecule has 1 N–H and O–H groups in total. The molecule has 0 saturated carbocycles. The van der Waals surface area contributed by atoms with Crippen LogP contribution in [0, 0.1) is 13.8 Å². The fourth-order valence-electron chi connectivity index (χ4n) is 2.71. The van der Waals surface area contributed by atoms with Gasteiger partial charge in [0, 0.05) is 5.69 Å². The highest BCUT2D eigenvalue weighted by Gasteiger charge is 2.07. The molecule has 0 radical (unpaired) electrons. The Morgan fingerprint density at radius 2 is 1.46 bits per heavy atom. The van der Waals surface area contributed by atoms with E-state index in [1.165, 1.54) is 11.1 Å². The van der Waals surface area contributed by atoms with E-state index in [2.05, 4.69) is 29.6 Å². The van der Waals surface area contributed by atoms with Crippen LogP contribution in [0.3, 0.4) is 0 Å². The summed E-state index contributed by atoms with van der Waals surface area (Å²) in [5, 5.41) is 3.01. The lowest BCUT2D eigenvalue weighted by Crippen LogP contribution is -2.15. The van der Waals surface area contributed by atoms with Gasteiger partial charge in [0.15, 0.2) is 0 Å². The van der Waals surface area contributed by atoms with E-state index in [4.69, 9.17) is 0 Å². The van der Waals surface area contributed by atoms with E-state index in [1.54, 1.807) is 0 Å². The van der Waals surface area contributed by atoms with Gasteiger partial charge >= 0.3 is 0 Å². The summed E-state index contributed by atoms with van der Waals surface area (Å²) in [6.45, 7) is 4.08. The van der Waals surface area contributed by atoms with E-state index in [9.17, 15) is 4.79 Å². The average Bonchev–Trinajstić information content (AvgIpc) is 2.60. The third-order valence-corrected chi connectivity index (χ3v) is 4.30. The van der Waals surface area contributed by atoms with Crippen molar-refractivity contribution in [2.24, 2.45) is 0 Å². The Hall–Kier alpha value is -2.87. The third-order valence-electron chi connectivity index (χ3n) is 4.30. The fraction of sp³-hybridized carbons (Fsp3) is 0.136. The highest BCUT2D eigenvalue weighted by Crippen LogP contribution is 2.20. The topological polar surface area (TPSA) is 29.1 Å². The van der Waals surface area contributed by atoms with Gasteiger partial charge in [0.25, 0.3) is 0 Å². The van der Waals surface area contributed by atoms with E-state index < -0.39 is 0 Å². The Morgan fingerprint density at radius 3 is 2.17 bits per heavy atom. The number of carbonyl (C=O) groups excluding carboxylic acids is 1. The zero-order valence-corrected chi connectivity index (χ0v) is 14.0. The lowest BCUT2D eigenvalue weighted by atomic mass is 10.0. The molecule has 120 valence electrons. The van der Waals surface area contributed by atoms with Crippen LogP contribution in [0.2, 0.25) is 0 Å². The molecule has 3 rings (SSSR count). The predicted molar refractivity (Wildman–Crippen MR) is 100 cm³/mol. The second kappa shape index (κ2) is 7.14. The average molecular weight is 315 g/mol. The molecule has 0 aliphatic carbocycles. The normalized spacial score (nSPS) is 10.4. The molecule has 0 bridgehead atoms. The maximum atomic E-state index is 12.3. The van der Waals surface area contributed by atoms with E-state index >= 15 is 0 Å². The molecule has 2 nitrogen and oxygen atoms in total. The van der Waals surface area contributed by atoms with Crippen LogP contribution in [0.5, 0.6) is 0 Å². The molecular weight excluding hydrogens is 294 g/mol. The highest BCUT2D eigenvalue weighted by molar-refractivity contribution is 5.93. The van der Waals surface area contributed by atoms with Crippen molar-refractivity contribution in [3.63, 3.8) is 0 Å². The van der Waals surface area contributed by atoms with Gasteiger partial charge in [-0.25, -0.2) is 0 Å². The van der Waals surface area contributed by atoms with Crippen molar-refractivity contribution >= 4 is 11.6 Å². The largest absolute Gasteiger partial charge is 0.326 e. The van der Waals surface area contributed by atoms with E-state index in [0.717, 1.165) is 22.4 Å². The van der Waals surface area contributed by atoms with E-state index in [1.807, 2.05) is 62.4 Å². The maximum Gasteiger partial charge on any atom is 0.228 e. The van der Waals surface area contributed by atoms with Crippen LogP contribution in [-0.4, -0.2) is 5.91 Å². The third kappa shape index (κ3) is 3.72. The number of hydrogen-bond donors (Lipinski definition) is 1. The predicted octanol–water partition coefficient (Wildman–Crippen LogP) is 5.15. The molecule has 0 aliphatic heterocycles. The van der Waals surface area contributed by atoms with Gasteiger partial charge in [-0.1, -0.05) is 66.7 Å². The zero-order chi connectivity index (χ0) is 16.9. The summed E-state index contributed by atoms with van der Waals surface area (Å²) in [4.78, 5) is 12.3. The number of nitrogens with one attached hydrogen (secondary N) is 1. The Morgan fingerprint density at radius 1 is 0.792 bits per heavy atom. The standard InChI is InChI=1S/C22H21NO/c1-16-7-6-10-21(17(16)2)23-22(24)15-18-11-13-20(14-12-18)19-8-4-3-5-9-19/h3-14H,15H2,1-2H3,(H,23,24). The van der Waals surface area contributed by atoms with Crippen molar-refractivity contribution in [2.45, 2.75) is 20.3 Å². The molecular formula is C22H21NO. The maximum absolute atomic E-state index is 12.3. The molecule has 0 aromatic heterocycles. The summed E-state index contributed by atoms with van der Waals surface area (Å²) in [6, 6.07) is 24.4. The first-order valence-electron chi connectivity index (χ1n) is 8.14.